The van der Waals surface area contributed by atoms with Crippen LogP contribution >= 0.6 is 0 Å². The van der Waals surface area contributed by atoms with Crippen molar-refractivity contribution < 1.29 is 9.18 Å². The summed E-state index contributed by atoms with van der Waals surface area (Å²) in [5, 5.41) is 24.0. The highest BCUT2D eigenvalue weighted by atomic mass is 19.1. The van der Waals surface area contributed by atoms with E-state index in [4.69, 9.17) is 0 Å². The molecule has 2 fully saturated rings. The summed E-state index contributed by atoms with van der Waals surface area (Å²) in [6.45, 7) is 7.13. The van der Waals surface area contributed by atoms with Crippen LogP contribution in [0, 0.1) is 23.1 Å². The summed E-state index contributed by atoms with van der Waals surface area (Å²) in [5.74, 6) is -0.254. The monoisotopic (exact) mass is 453 g/mol. The number of halogens is 1. The number of rotatable bonds is 10. The third-order valence-corrected chi connectivity index (χ3v) is 6.96. The number of hydrogen-bond acceptors (Lipinski definition) is 6. The van der Waals surface area contributed by atoms with Crippen LogP contribution in [0.5, 0.6) is 0 Å². The second kappa shape index (κ2) is 10.4. The van der Waals surface area contributed by atoms with E-state index in [-0.39, 0.29) is 18.4 Å². The maximum absolute atomic E-state index is 14.8. The maximum Gasteiger partial charge on any atom is 0.238 e. The highest BCUT2D eigenvalue weighted by Crippen LogP contribution is 2.35. The Balaban J connectivity index is 1.36. The lowest BCUT2D eigenvalue weighted by Gasteiger charge is -2.23. The van der Waals surface area contributed by atoms with E-state index in [1.807, 2.05) is 6.20 Å². The summed E-state index contributed by atoms with van der Waals surface area (Å²) >= 11 is 0. The highest BCUT2D eigenvalue weighted by molar-refractivity contribution is 5.83. The molecule has 8 nitrogen and oxygen atoms in total. The highest BCUT2D eigenvalue weighted by Gasteiger charge is 2.43. The predicted molar refractivity (Wildman–Crippen MR) is 122 cm³/mol. The van der Waals surface area contributed by atoms with E-state index in [0.29, 0.717) is 23.2 Å². The molecule has 4 rings (SSSR count). The van der Waals surface area contributed by atoms with E-state index in [1.54, 1.807) is 16.8 Å². The van der Waals surface area contributed by atoms with Crippen LogP contribution in [0.4, 0.5) is 4.39 Å². The van der Waals surface area contributed by atoms with Crippen LogP contribution in [0.1, 0.15) is 44.4 Å². The SMILES string of the molecule is CCN(CC)CCc1cn(-c2ccc(C[C@@H](C#N)NC(=O)[C@H]3N[C@@H]4CC[C@H]3C4)c(F)c2)nn1. The minimum absolute atomic E-state index is 0.113. The smallest absolute Gasteiger partial charge is 0.238 e. The molecular formula is C24H32FN7O. The zero-order valence-electron chi connectivity index (χ0n) is 19.3. The van der Waals surface area contributed by atoms with Crippen LogP contribution in [-0.4, -0.2) is 63.6 Å². The molecule has 2 aromatic rings. The van der Waals surface area contributed by atoms with Crippen LogP contribution in [0.15, 0.2) is 24.4 Å². The van der Waals surface area contributed by atoms with Crippen molar-refractivity contribution in [3.05, 3.63) is 41.5 Å². The van der Waals surface area contributed by atoms with Crippen molar-refractivity contribution in [2.45, 2.75) is 64.1 Å². The first-order chi connectivity index (χ1) is 16.0. The molecule has 4 atom stereocenters. The first-order valence-electron chi connectivity index (χ1n) is 11.9. The number of amides is 1. The van der Waals surface area contributed by atoms with E-state index in [0.717, 1.165) is 51.0 Å². The molecule has 0 spiro atoms. The molecule has 2 bridgehead atoms. The second-order valence-electron chi connectivity index (χ2n) is 9.02. The summed E-state index contributed by atoms with van der Waals surface area (Å²) in [5.41, 5.74) is 1.81. The summed E-state index contributed by atoms with van der Waals surface area (Å²) in [4.78, 5) is 14.9. The Labute approximate surface area is 194 Å². The molecule has 1 amide bonds. The first kappa shape index (κ1) is 23.3. The van der Waals surface area contributed by atoms with Crippen molar-refractivity contribution in [2.24, 2.45) is 5.92 Å². The second-order valence-corrected chi connectivity index (χ2v) is 9.02. The minimum Gasteiger partial charge on any atom is -0.339 e. The number of hydrogen-bond donors (Lipinski definition) is 2. The Morgan fingerprint density at radius 3 is 2.85 bits per heavy atom. The van der Waals surface area contributed by atoms with Crippen LogP contribution in [0.2, 0.25) is 0 Å². The van der Waals surface area contributed by atoms with Crippen molar-refractivity contribution in [3.63, 3.8) is 0 Å². The number of carbonyl (C=O) groups excluding carboxylic acids is 1. The normalized spacial score (nSPS) is 22.5. The van der Waals surface area contributed by atoms with E-state index in [1.165, 1.54) is 6.07 Å². The lowest BCUT2D eigenvalue weighted by atomic mass is 9.98. The van der Waals surface area contributed by atoms with E-state index < -0.39 is 11.9 Å². The fourth-order valence-corrected chi connectivity index (χ4v) is 4.96. The van der Waals surface area contributed by atoms with Crippen molar-refractivity contribution in [2.75, 3.05) is 19.6 Å². The average Bonchev–Trinajstić information content (AvgIpc) is 3.58. The van der Waals surface area contributed by atoms with Gasteiger partial charge in [0.15, 0.2) is 0 Å². The molecule has 1 aliphatic carbocycles. The van der Waals surface area contributed by atoms with Gasteiger partial charge < -0.3 is 15.5 Å². The fourth-order valence-electron chi connectivity index (χ4n) is 4.96. The largest absolute Gasteiger partial charge is 0.339 e. The Kier molecular flexibility index (Phi) is 7.36. The lowest BCUT2D eigenvalue weighted by Crippen LogP contribution is -2.50. The number of likely N-dealkylation sites (N-methyl/N-ethyl adjacent to an activating group) is 1. The van der Waals surface area contributed by atoms with Crippen molar-refractivity contribution in [1.29, 1.82) is 5.26 Å². The number of nitrogens with one attached hydrogen (secondary N) is 2. The predicted octanol–water partition coefficient (Wildman–Crippen LogP) is 1.98. The number of fused-ring (bicyclic) bond motifs is 2. The Morgan fingerprint density at radius 2 is 2.21 bits per heavy atom. The average molecular weight is 454 g/mol. The third kappa shape index (κ3) is 5.40. The van der Waals surface area contributed by atoms with Crippen LogP contribution in [0.3, 0.4) is 0 Å². The molecule has 2 heterocycles. The quantitative estimate of drug-likeness (QED) is 0.571. The zero-order chi connectivity index (χ0) is 23.4. The van der Waals surface area contributed by atoms with Crippen LogP contribution < -0.4 is 10.6 Å². The molecule has 2 N–H and O–H groups in total. The van der Waals surface area contributed by atoms with E-state index >= 15 is 0 Å². The molecule has 2 aliphatic rings. The van der Waals surface area contributed by atoms with Crippen LogP contribution in [-0.2, 0) is 17.6 Å². The molecule has 1 aromatic carbocycles. The van der Waals surface area contributed by atoms with Gasteiger partial charge in [0.2, 0.25) is 5.91 Å². The molecule has 33 heavy (non-hydrogen) atoms. The Hall–Kier alpha value is -2.83. The fraction of sp³-hybridized carbons (Fsp3) is 0.583. The molecule has 9 heteroatoms. The first-order valence-corrected chi connectivity index (χ1v) is 11.9. The van der Waals surface area contributed by atoms with Gasteiger partial charge in [0.05, 0.1) is 29.7 Å². The number of benzene rings is 1. The number of piperidine rings is 1. The number of carbonyl (C=O) groups is 1. The topological polar surface area (TPSA) is 98.9 Å². The summed E-state index contributed by atoms with van der Waals surface area (Å²) in [6, 6.07) is 6.29. The molecule has 1 aliphatic heterocycles. The van der Waals surface area contributed by atoms with Gasteiger partial charge in [-0.2, -0.15) is 5.26 Å². The number of nitriles is 1. The number of nitrogens with zero attached hydrogens (tertiary/aromatic N) is 5. The standard InChI is InChI=1S/C24H32FN7O/c1-3-31(4-2)10-9-19-15-32(30-29-19)21-8-6-16(22(25)13-21)11-20(14-26)28-24(33)23-17-5-7-18(12-17)27-23/h6,8,13,15,17-18,20,23,27H,3-5,7,9-12H2,1-2H3,(H,28,33)/t17-,18+,20-,23-/m0/s1. The minimum atomic E-state index is -0.781. The maximum atomic E-state index is 14.8. The van der Waals surface area contributed by atoms with Crippen molar-refractivity contribution >= 4 is 5.91 Å². The zero-order valence-corrected chi connectivity index (χ0v) is 19.3. The van der Waals surface area contributed by atoms with Gasteiger partial charge in [-0.3, -0.25) is 4.79 Å². The molecule has 176 valence electrons. The van der Waals surface area contributed by atoms with Crippen LogP contribution in [0.25, 0.3) is 5.69 Å². The van der Waals surface area contributed by atoms with E-state index in [2.05, 4.69) is 45.8 Å². The molecule has 1 saturated heterocycles. The van der Waals surface area contributed by atoms with Gasteiger partial charge in [-0.25, -0.2) is 9.07 Å². The summed E-state index contributed by atoms with van der Waals surface area (Å²) < 4.78 is 16.4. The lowest BCUT2D eigenvalue weighted by molar-refractivity contribution is -0.124. The third-order valence-electron chi connectivity index (χ3n) is 6.96. The van der Waals surface area contributed by atoms with Gasteiger partial charge in [0.1, 0.15) is 11.9 Å². The van der Waals surface area contributed by atoms with Gasteiger partial charge in [0, 0.05) is 25.4 Å². The van der Waals surface area contributed by atoms with Crippen molar-refractivity contribution in [3.8, 4) is 11.8 Å². The Morgan fingerprint density at radius 1 is 1.39 bits per heavy atom. The summed E-state index contributed by atoms with van der Waals surface area (Å²) in [7, 11) is 0. The van der Waals surface area contributed by atoms with Gasteiger partial charge in [0.25, 0.3) is 0 Å². The molecule has 1 saturated carbocycles. The number of aromatic nitrogens is 3. The molecule has 0 radical (unpaired) electrons. The molecule has 0 unspecified atom stereocenters. The molecular weight excluding hydrogens is 421 g/mol. The van der Waals surface area contributed by atoms with Gasteiger partial charge in [-0.1, -0.05) is 25.1 Å². The van der Waals surface area contributed by atoms with Gasteiger partial charge in [-0.05, 0) is 56.0 Å². The summed E-state index contributed by atoms with van der Waals surface area (Å²) in [6.07, 6.45) is 5.88. The Bertz CT molecular complexity index is 1010. The van der Waals surface area contributed by atoms with Gasteiger partial charge in [-0.15, -0.1) is 5.10 Å². The molecule has 1 aromatic heterocycles. The van der Waals surface area contributed by atoms with E-state index in [9.17, 15) is 14.4 Å². The van der Waals surface area contributed by atoms with Crippen molar-refractivity contribution in [1.82, 2.24) is 30.5 Å². The van der Waals surface area contributed by atoms with Gasteiger partial charge >= 0.3 is 0 Å².